The zero-order valence-corrected chi connectivity index (χ0v) is 15.4. The second-order valence-electron chi connectivity index (χ2n) is 7.12. The summed E-state index contributed by atoms with van der Waals surface area (Å²) in [6.45, 7) is 0.639. The highest BCUT2D eigenvalue weighted by molar-refractivity contribution is 6.12. The molecule has 0 atom stereocenters. The molecule has 1 aliphatic carbocycles. The van der Waals surface area contributed by atoms with Gasteiger partial charge in [-0.1, -0.05) is 12.1 Å². The van der Waals surface area contributed by atoms with Gasteiger partial charge in [0.05, 0.1) is 23.7 Å². The summed E-state index contributed by atoms with van der Waals surface area (Å²) in [5.74, 6) is 0.313. The number of carbonyl (C=O) groups excluding carboxylic acids is 1. The lowest BCUT2D eigenvalue weighted by Crippen LogP contribution is -2.13. The van der Waals surface area contributed by atoms with Gasteiger partial charge in [-0.3, -0.25) is 9.48 Å². The van der Waals surface area contributed by atoms with Crippen LogP contribution in [0.5, 0.6) is 0 Å². The zero-order valence-electron chi connectivity index (χ0n) is 15.4. The first-order valence-corrected chi connectivity index (χ1v) is 9.23. The molecule has 4 aromatic rings. The fourth-order valence-electron chi connectivity index (χ4n) is 3.30. The highest BCUT2D eigenvalue weighted by atomic mass is 16.1. The van der Waals surface area contributed by atoms with Crippen LogP contribution in [-0.2, 0) is 13.6 Å². The number of pyridine rings is 1. The SMILES string of the molecule is Cn1ncc2c(C(=O)Nc3ccc(Cn4cncn4)cc3)cc(C3CC3)nc21. The van der Waals surface area contributed by atoms with Crippen molar-refractivity contribution >= 4 is 22.6 Å². The third kappa shape index (κ3) is 3.13. The molecule has 140 valence electrons. The van der Waals surface area contributed by atoms with E-state index in [4.69, 9.17) is 4.98 Å². The maximum Gasteiger partial charge on any atom is 0.256 e. The van der Waals surface area contributed by atoms with Crippen molar-refractivity contribution in [3.8, 4) is 0 Å². The number of aryl methyl sites for hydroxylation is 1. The number of nitrogens with zero attached hydrogens (tertiary/aromatic N) is 6. The van der Waals surface area contributed by atoms with Crippen LogP contribution >= 0.6 is 0 Å². The molecule has 1 aromatic carbocycles. The minimum atomic E-state index is -0.147. The molecule has 1 fully saturated rings. The van der Waals surface area contributed by atoms with Crippen LogP contribution in [0, 0.1) is 0 Å². The first-order chi connectivity index (χ1) is 13.7. The number of hydrogen-bond acceptors (Lipinski definition) is 5. The fraction of sp³-hybridized carbons (Fsp3) is 0.250. The van der Waals surface area contributed by atoms with Crippen molar-refractivity contribution in [2.45, 2.75) is 25.3 Å². The lowest BCUT2D eigenvalue weighted by molar-refractivity contribution is 0.102. The normalized spacial score (nSPS) is 13.8. The summed E-state index contributed by atoms with van der Waals surface area (Å²) >= 11 is 0. The van der Waals surface area contributed by atoms with Crippen molar-refractivity contribution in [3.63, 3.8) is 0 Å². The molecule has 8 nitrogen and oxygen atoms in total. The van der Waals surface area contributed by atoms with Crippen LogP contribution in [0.15, 0.2) is 49.2 Å². The molecule has 0 saturated heterocycles. The maximum absolute atomic E-state index is 13.0. The topological polar surface area (TPSA) is 90.5 Å². The minimum absolute atomic E-state index is 0.147. The molecule has 0 unspecified atom stereocenters. The number of fused-ring (bicyclic) bond motifs is 1. The van der Waals surface area contributed by atoms with Crippen LogP contribution in [0.25, 0.3) is 11.0 Å². The molecule has 0 bridgehead atoms. The van der Waals surface area contributed by atoms with E-state index in [0.717, 1.165) is 40.8 Å². The largest absolute Gasteiger partial charge is 0.322 e. The molecule has 5 rings (SSSR count). The van der Waals surface area contributed by atoms with E-state index in [1.54, 1.807) is 21.9 Å². The Morgan fingerprint density at radius 1 is 1.21 bits per heavy atom. The Kier molecular flexibility index (Phi) is 3.89. The van der Waals surface area contributed by atoms with E-state index in [2.05, 4.69) is 20.5 Å². The number of hydrogen-bond donors (Lipinski definition) is 1. The Morgan fingerprint density at radius 2 is 2.04 bits per heavy atom. The van der Waals surface area contributed by atoms with E-state index in [-0.39, 0.29) is 5.91 Å². The first kappa shape index (κ1) is 16.6. The molecule has 0 radical (unpaired) electrons. The molecular formula is C20H19N7O. The number of aromatic nitrogens is 6. The van der Waals surface area contributed by atoms with E-state index >= 15 is 0 Å². The van der Waals surface area contributed by atoms with E-state index < -0.39 is 0 Å². The minimum Gasteiger partial charge on any atom is -0.322 e. The van der Waals surface area contributed by atoms with Gasteiger partial charge in [-0.25, -0.2) is 14.6 Å². The summed E-state index contributed by atoms with van der Waals surface area (Å²) in [5.41, 5.74) is 4.17. The number of benzene rings is 1. The quantitative estimate of drug-likeness (QED) is 0.581. The average Bonchev–Trinajstić information content (AvgIpc) is 3.32. The van der Waals surface area contributed by atoms with Crippen LogP contribution < -0.4 is 5.32 Å². The standard InChI is InChI=1S/C20H19N7O/c1-26-19-17(9-22-26)16(8-18(25-19)14-4-5-14)20(28)24-15-6-2-13(3-7-15)10-27-12-21-11-23-27/h2-3,6-9,11-12,14H,4-5,10H2,1H3,(H,24,28). The summed E-state index contributed by atoms with van der Waals surface area (Å²) in [6, 6.07) is 9.65. The first-order valence-electron chi connectivity index (χ1n) is 9.23. The monoisotopic (exact) mass is 373 g/mol. The Balaban J connectivity index is 1.39. The van der Waals surface area contributed by atoms with Crippen molar-refractivity contribution in [2.75, 3.05) is 5.32 Å². The van der Waals surface area contributed by atoms with Gasteiger partial charge in [-0.2, -0.15) is 10.2 Å². The number of rotatable bonds is 5. The van der Waals surface area contributed by atoms with Crippen molar-refractivity contribution in [2.24, 2.45) is 7.05 Å². The van der Waals surface area contributed by atoms with E-state index in [0.29, 0.717) is 18.0 Å². The van der Waals surface area contributed by atoms with Crippen molar-refractivity contribution < 1.29 is 4.79 Å². The Morgan fingerprint density at radius 3 is 2.75 bits per heavy atom. The highest BCUT2D eigenvalue weighted by Gasteiger charge is 2.27. The van der Waals surface area contributed by atoms with Gasteiger partial charge in [0.2, 0.25) is 0 Å². The molecular weight excluding hydrogens is 354 g/mol. The zero-order chi connectivity index (χ0) is 19.1. The molecule has 3 aromatic heterocycles. The molecule has 1 N–H and O–H groups in total. The van der Waals surface area contributed by atoms with Crippen LogP contribution in [-0.4, -0.2) is 35.4 Å². The summed E-state index contributed by atoms with van der Waals surface area (Å²) in [4.78, 5) is 21.6. The van der Waals surface area contributed by atoms with Crippen molar-refractivity contribution in [3.05, 3.63) is 66.0 Å². The Bertz CT molecular complexity index is 1140. The highest BCUT2D eigenvalue weighted by Crippen LogP contribution is 2.40. The van der Waals surface area contributed by atoms with E-state index in [1.807, 2.05) is 37.4 Å². The fourth-order valence-corrected chi connectivity index (χ4v) is 3.30. The Hall–Kier alpha value is -3.55. The number of carbonyl (C=O) groups is 1. The average molecular weight is 373 g/mol. The smallest absolute Gasteiger partial charge is 0.256 e. The van der Waals surface area contributed by atoms with Crippen molar-refractivity contribution in [1.82, 2.24) is 29.5 Å². The third-order valence-corrected chi connectivity index (χ3v) is 4.99. The van der Waals surface area contributed by atoms with E-state index in [9.17, 15) is 4.79 Å². The molecule has 28 heavy (non-hydrogen) atoms. The number of anilines is 1. The van der Waals surface area contributed by atoms with Crippen LogP contribution in [0.4, 0.5) is 5.69 Å². The molecule has 8 heteroatoms. The molecule has 3 heterocycles. The van der Waals surface area contributed by atoms with Crippen LogP contribution in [0.1, 0.15) is 40.4 Å². The molecule has 1 saturated carbocycles. The lowest BCUT2D eigenvalue weighted by atomic mass is 10.1. The van der Waals surface area contributed by atoms with Gasteiger partial charge in [-0.05, 0) is 36.6 Å². The third-order valence-electron chi connectivity index (χ3n) is 4.99. The van der Waals surface area contributed by atoms with Gasteiger partial charge in [0.1, 0.15) is 12.7 Å². The molecule has 1 aliphatic rings. The molecule has 0 spiro atoms. The van der Waals surface area contributed by atoms with Gasteiger partial charge >= 0.3 is 0 Å². The lowest BCUT2D eigenvalue weighted by Gasteiger charge is -2.09. The summed E-state index contributed by atoms with van der Waals surface area (Å²) < 4.78 is 3.47. The molecule has 1 amide bonds. The maximum atomic E-state index is 13.0. The summed E-state index contributed by atoms with van der Waals surface area (Å²) in [7, 11) is 1.85. The van der Waals surface area contributed by atoms with Crippen LogP contribution in [0.3, 0.4) is 0 Å². The van der Waals surface area contributed by atoms with E-state index in [1.165, 1.54) is 6.33 Å². The number of nitrogens with one attached hydrogen (secondary N) is 1. The second-order valence-corrected chi connectivity index (χ2v) is 7.12. The van der Waals surface area contributed by atoms with Gasteiger partial charge in [0.25, 0.3) is 5.91 Å². The molecule has 0 aliphatic heterocycles. The van der Waals surface area contributed by atoms with Crippen LogP contribution in [0.2, 0.25) is 0 Å². The van der Waals surface area contributed by atoms with Gasteiger partial charge < -0.3 is 5.32 Å². The second kappa shape index (κ2) is 6.56. The predicted octanol–water partition coefficient (Wildman–Crippen LogP) is 2.74. The number of amides is 1. The Labute approximate surface area is 161 Å². The van der Waals surface area contributed by atoms with Gasteiger partial charge in [-0.15, -0.1) is 0 Å². The van der Waals surface area contributed by atoms with Gasteiger partial charge in [0.15, 0.2) is 5.65 Å². The van der Waals surface area contributed by atoms with Crippen molar-refractivity contribution in [1.29, 1.82) is 0 Å². The summed E-state index contributed by atoms with van der Waals surface area (Å²) in [6.07, 6.45) is 7.15. The summed E-state index contributed by atoms with van der Waals surface area (Å²) in [5, 5.41) is 12.1. The predicted molar refractivity (Wildman–Crippen MR) is 104 cm³/mol. The van der Waals surface area contributed by atoms with Gasteiger partial charge in [0, 0.05) is 24.3 Å².